The van der Waals surface area contributed by atoms with Crippen LogP contribution in [0.15, 0.2) is 48.7 Å². The largest absolute Gasteiger partial charge is 0.506 e. The summed E-state index contributed by atoms with van der Waals surface area (Å²) in [5, 5.41) is 12.7. The van der Waals surface area contributed by atoms with E-state index in [-0.39, 0.29) is 11.7 Å². The molecule has 0 bridgehead atoms. The molecule has 1 aliphatic carbocycles. The fraction of sp³-hybridized carbons (Fsp3) is 0.300. The number of hydrogen-bond acceptors (Lipinski definition) is 3. The van der Waals surface area contributed by atoms with E-state index in [1.54, 1.807) is 30.5 Å². The van der Waals surface area contributed by atoms with Crippen LogP contribution in [0.25, 0.3) is 0 Å². The molecule has 1 fully saturated rings. The standard InChI is InChI=1S/C20H20N2O2/c23-18-10-3-2-9-17(18)22-19(24)20(12-5-1-6-13-20)14-11-16-8-4-7-15-21-16/h2-4,7-10,15,23H,1,5-6,12-13H2,(H,22,24). The van der Waals surface area contributed by atoms with Gasteiger partial charge in [0.05, 0.1) is 5.69 Å². The molecule has 0 unspecified atom stereocenters. The van der Waals surface area contributed by atoms with Crippen molar-refractivity contribution in [3.63, 3.8) is 0 Å². The number of phenols is 1. The molecule has 2 aromatic rings. The molecular weight excluding hydrogens is 300 g/mol. The summed E-state index contributed by atoms with van der Waals surface area (Å²) in [5.41, 5.74) is 0.364. The van der Waals surface area contributed by atoms with Crippen molar-refractivity contribution < 1.29 is 9.90 Å². The fourth-order valence-electron chi connectivity index (χ4n) is 3.01. The summed E-state index contributed by atoms with van der Waals surface area (Å²) in [5.74, 6) is 6.15. The second kappa shape index (κ2) is 7.18. The first-order valence-corrected chi connectivity index (χ1v) is 8.23. The monoisotopic (exact) mass is 320 g/mol. The van der Waals surface area contributed by atoms with Gasteiger partial charge < -0.3 is 10.4 Å². The van der Waals surface area contributed by atoms with Gasteiger partial charge in [-0.25, -0.2) is 4.98 Å². The molecule has 0 aliphatic heterocycles. The van der Waals surface area contributed by atoms with Crippen LogP contribution in [-0.4, -0.2) is 16.0 Å². The number of aromatic nitrogens is 1. The number of para-hydroxylation sites is 2. The van der Waals surface area contributed by atoms with Crippen LogP contribution in [0.2, 0.25) is 0 Å². The lowest BCUT2D eigenvalue weighted by Crippen LogP contribution is -2.37. The minimum Gasteiger partial charge on any atom is -0.506 e. The van der Waals surface area contributed by atoms with Crippen LogP contribution < -0.4 is 5.32 Å². The number of phenolic OH excluding ortho intramolecular Hbond substituents is 1. The molecule has 1 aromatic heterocycles. The van der Waals surface area contributed by atoms with E-state index in [2.05, 4.69) is 22.1 Å². The molecule has 122 valence electrons. The Bertz CT molecular complexity index is 769. The highest BCUT2D eigenvalue weighted by Gasteiger charge is 2.38. The molecule has 24 heavy (non-hydrogen) atoms. The van der Waals surface area contributed by atoms with Crippen molar-refractivity contribution in [3.8, 4) is 17.6 Å². The van der Waals surface area contributed by atoms with Gasteiger partial charge in [0.25, 0.3) is 0 Å². The Hall–Kier alpha value is -2.80. The average molecular weight is 320 g/mol. The van der Waals surface area contributed by atoms with Crippen molar-refractivity contribution in [2.24, 2.45) is 5.41 Å². The van der Waals surface area contributed by atoms with Gasteiger partial charge in [0.15, 0.2) is 0 Å². The summed E-state index contributed by atoms with van der Waals surface area (Å²) < 4.78 is 0. The Morgan fingerprint density at radius 1 is 1.08 bits per heavy atom. The minimum absolute atomic E-state index is 0.0643. The van der Waals surface area contributed by atoms with E-state index >= 15 is 0 Å². The van der Waals surface area contributed by atoms with Crippen molar-refractivity contribution in [2.75, 3.05) is 5.32 Å². The SMILES string of the molecule is O=C(Nc1ccccc1O)C1(C#Cc2ccccn2)CCCCC1. The number of pyridine rings is 1. The van der Waals surface area contributed by atoms with Crippen LogP contribution in [0.5, 0.6) is 5.75 Å². The predicted molar refractivity (Wildman–Crippen MR) is 93.4 cm³/mol. The maximum atomic E-state index is 12.9. The Kier molecular flexibility index (Phi) is 4.81. The molecule has 0 saturated heterocycles. The van der Waals surface area contributed by atoms with Crippen LogP contribution in [-0.2, 0) is 4.79 Å². The summed E-state index contributed by atoms with van der Waals surface area (Å²) in [6, 6.07) is 12.3. The third-order valence-electron chi connectivity index (χ3n) is 4.39. The zero-order valence-electron chi connectivity index (χ0n) is 13.5. The van der Waals surface area contributed by atoms with Crippen LogP contribution >= 0.6 is 0 Å². The molecule has 1 aromatic carbocycles. The molecule has 0 spiro atoms. The lowest BCUT2D eigenvalue weighted by atomic mass is 9.73. The number of aromatic hydroxyl groups is 1. The van der Waals surface area contributed by atoms with E-state index in [0.29, 0.717) is 11.4 Å². The highest BCUT2D eigenvalue weighted by molar-refractivity contribution is 5.98. The first-order chi connectivity index (χ1) is 11.7. The van der Waals surface area contributed by atoms with E-state index < -0.39 is 5.41 Å². The van der Waals surface area contributed by atoms with Gasteiger partial charge in [-0.15, -0.1) is 0 Å². The summed E-state index contributed by atoms with van der Waals surface area (Å²) >= 11 is 0. The topological polar surface area (TPSA) is 62.2 Å². The summed E-state index contributed by atoms with van der Waals surface area (Å²) in [4.78, 5) is 17.1. The normalized spacial score (nSPS) is 15.8. The number of nitrogens with one attached hydrogen (secondary N) is 1. The van der Waals surface area contributed by atoms with Gasteiger partial charge in [-0.3, -0.25) is 4.79 Å². The number of anilines is 1. The van der Waals surface area contributed by atoms with Gasteiger partial charge in [0.2, 0.25) is 5.91 Å². The first-order valence-electron chi connectivity index (χ1n) is 8.23. The molecule has 1 amide bonds. The molecule has 0 radical (unpaired) electrons. The van der Waals surface area contributed by atoms with Crippen LogP contribution in [0.1, 0.15) is 37.8 Å². The molecule has 1 saturated carbocycles. The maximum Gasteiger partial charge on any atom is 0.242 e. The third-order valence-corrected chi connectivity index (χ3v) is 4.39. The summed E-state index contributed by atoms with van der Waals surface area (Å²) in [6.45, 7) is 0. The Morgan fingerprint density at radius 3 is 2.54 bits per heavy atom. The Labute approximate surface area is 141 Å². The molecular formula is C20H20N2O2. The highest BCUT2D eigenvalue weighted by Crippen LogP contribution is 2.37. The number of carbonyl (C=O) groups excluding carboxylic acids is 1. The van der Waals surface area contributed by atoms with Crippen molar-refractivity contribution in [1.82, 2.24) is 4.98 Å². The van der Waals surface area contributed by atoms with E-state index in [4.69, 9.17) is 0 Å². The molecule has 0 atom stereocenters. The lowest BCUT2D eigenvalue weighted by Gasteiger charge is -2.31. The second-order valence-corrected chi connectivity index (χ2v) is 6.08. The first kappa shape index (κ1) is 16.1. The molecule has 1 aliphatic rings. The van der Waals surface area contributed by atoms with Crippen molar-refractivity contribution in [2.45, 2.75) is 32.1 Å². The molecule has 4 nitrogen and oxygen atoms in total. The van der Waals surface area contributed by atoms with Crippen LogP contribution in [0, 0.1) is 17.3 Å². The fourth-order valence-corrected chi connectivity index (χ4v) is 3.01. The Morgan fingerprint density at radius 2 is 1.83 bits per heavy atom. The van der Waals surface area contributed by atoms with Crippen molar-refractivity contribution in [1.29, 1.82) is 0 Å². The van der Waals surface area contributed by atoms with Gasteiger partial charge in [-0.2, -0.15) is 0 Å². The maximum absolute atomic E-state index is 12.9. The lowest BCUT2D eigenvalue weighted by molar-refractivity contribution is -0.124. The molecule has 2 N–H and O–H groups in total. The zero-order chi connectivity index (χ0) is 16.8. The summed E-state index contributed by atoms with van der Waals surface area (Å²) in [6.07, 6.45) is 6.23. The molecule has 4 heteroatoms. The molecule has 1 heterocycles. The number of benzene rings is 1. The number of hydrogen-bond donors (Lipinski definition) is 2. The van der Waals surface area contributed by atoms with E-state index in [0.717, 1.165) is 32.1 Å². The Balaban J connectivity index is 1.87. The predicted octanol–water partition coefficient (Wildman–Crippen LogP) is 3.73. The van der Waals surface area contributed by atoms with Gasteiger partial charge >= 0.3 is 0 Å². The number of carbonyl (C=O) groups is 1. The van der Waals surface area contributed by atoms with Crippen LogP contribution in [0.4, 0.5) is 5.69 Å². The zero-order valence-corrected chi connectivity index (χ0v) is 13.5. The highest BCUT2D eigenvalue weighted by atomic mass is 16.3. The third kappa shape index (κ3) is 3.57. The number of nitrogens with zero attached hydrogens (tertiary/aromatic N) is 1. The van der Waals surface area contributed by atoms with Crippen molar-refractivity contribution >= 4 is 11.6 Å². The van der Waals surface area contributed by atoms with Gasteiger partial charge in [-0.05, 0) is 43.0 Å². The van der Waals surface area contributed by atoms with Gasteiger partial charge in [0, 0.05) is 6.20 Å². The smallest absolute Gasteiger partial charge is 0.242 e. The minimum atomic E-state index is -0.724. The molecule has 3 rings (SSSR count). The van der Waals surface area contributed by atoms with Crippen molar-refractivity contribution in [3.05, 3.63) is 54.4 Å². The van der Waals surface area contributed by atoms with Crippen LogP contribution in [0.3, 0.4) is 0 Å². The second-order valence-electron chi connectivity index (χ2n) is 6.08. The number of rotatable bonds is 2. The van der Waals surface area contributed by atoms with Gasteiger partial charge in [0.1, 0.15) is 16.9 Å². The quantitative estimate of drug-likeness (QED) is 0.655. The summed E-state index contributed by atoms with van der Waals surface area (Å²) in [7, 11) is 0. The number of amides is 1. The van der Waals surface area contributed by atoms with E-state index in [9.17, 15) is 9.90 Å². The van der Waals surface area contributed by atoms with Gasteiger partial charge in [-0.1, -0.05) is 43.4 Å². The van der Waals surface area contributed by atoms with E-state index in [1.807, 2.05) is 18.2 Å². The average Bonchev–Trinajstić information content (AvgIpc) is 2.63. The van der Waals surface area contributed by atoms with E-state index in [1.165, 1.54) is 0 Å².